The fraction of sp³-hybridized carbons (Fsp3) is 0.0476. The molecule has 0 heterocycles. The van der Waals surface area contributed by atoms with Crippen LogP contribution in [-0.2, 0) is 0 Å². The Hall–Kier alpha value is -3.88. The Bertz CT molecular complexity index is 1090. The lowest BCUT2D eigenvalue weighted by atomic mass is 10.1. The number of anilines is 2. The number of methoxy groups -OCH3 is 1. The molecule has 0 saturated heterocycles. The molecular weight excluding hydrogens is 404 g/mol. The van der Waals surface area contributed by atoms with E-state index in [-0.39, 0.29) is 28.3 Å². The van der Waals surface area contributed by atoms with Gasteiger partial charge in [-0.3, -0.25) is 9.59 Å². The van der Waals surface area contributed by atoms with Crippen molar-refractivity contribution in [2.75, 3.05) is 17.7 Å². The molecule has 0 aliphatic heterocycles. The summed E-state index contributed by atoms with van der Waals surface area (Å²) in [6, 6.07) is 8.84. The van der Waals surface area contributed by atoms with Crippen LogP contribution in [-0.4, -0.2) is 18.9 Å². The smallest absolute Gasteiger partial charge is 0.259 e. The highest BCUT2D eigenvalue weighted by Crippen LogP contribution is 2.23. The van der Waals surface area contributed by atoms with Crippen molar-refractivity contribution in [2.24, 2.45) is 0 Å². The molecule has 3 aromatic rings. The molecule has 2 N–H and O–H groups in total. The quantitative estimate of drug-likeness (QED) is 0.588. The van der Waals surface area contributed by atoms with Gasteiger partial charge >= 0.3 is 0 Å². The number of halogens is 4. The van der Waals surface area contributed by atoms with Crippen molar-refractivity contribution in [2.45, 2.75) is 0 Å². The van der Waals surface area contributed by atoms with Crippen LogP contribution >= 0.6 is 0 Å². The van der Waals surface area contributed by atoms with E-state index >= 15 is 0 Å². The summed E-state index contributed by atoms with van der Waals surface area (Å²) in [5, 5.41) is 4.63. The molecule has 5 nitrogen and oxygen atoms in total. The monoisotopic (exact) mass is 418 g/mol. The first-order valence-corrected chi connectivity index (χ1v) is 8.48. The molecule has 0 aliphatic rings. The number of nitrogens with one attached hydrogen (secondary N) is 2. The van der Waals surface area contributed by atoms with Gasteiger partial charge in [-0.15, -0.1) is 0 Å². The van der Waals surface area contributed by atoms with E-state index in [4.69, 9.17) is 4.74 Å². The first-order chi connectivity index (χ1) is 14.2. The Kier molecular flexibility index (Phi) is 6.01. The van der Waals surface area contributed by atoms with Gasteiger partial charge in [0.2, 0.25) is 0 Å². The van der Waals surface area contributed by atoms with Gasteiger partial charge in [0.1, 0.15) is 29.0 Å². The van der Waals surface area contributed by atoms with Crippen LogP contribution < -0.4 is 15.4 Å². The average Bonchev–Trinajstić information content (AvgIpc) is 2.65. The number of benzene rings is 3. The van der Waals surface area contributed by atoms with E-state index in [1.165, 1.54) is 25.3 Å². The van der Waals surface area contributed by atoms with Gasteiger partial charge in [0.25, 0.3) is 11.8 Å². The van der Waals surface area contributed by atoms with Gasteiger partial charge in [-0.05, 0) is 42.5 Å². The highest BCUT2D eigenvalue weighted by molar-refractivity contribution is 6.10. The number of ether oxygens (including phenoxy) is 1. The van der Waals surface area contributed by atoms with E-state index in [9.17, 15) is 27.2 Å². The lowest BCUT2D eigenvalue weighted by Gasteiger charge is -2.12. The summed E-state index contributed by atoms with van der Waals surface area (Å²) >= 11 is 0. The zero-order valence-electron chi connectivity index (χ0n) is 15.4. The molecule has 154 valence electrons. The molecule has 0 radical (unpaired) electrons. The van der Waals surface area contributed by atoms with Crippen molar-refractivity contribution in [1.29, 1.82) is 0 Å². The fourth-order valence-corrected chi connectivity index (χ4v) is 2.68. The van der Waals surface area contributed by atoms with E-state index in [0.717, 1.165) is 24.3 Å². The van der Waals surface area contributed by atoms with Crippen molar-refractivity contribution in [1.82, 2.24) is 0 Å². The number of carbonyl (C=O) groups is 2. The Balaban J connectivity index is 1.87. The van der Waals surface area contributed by atoms with Crippen LogP contribution in [0.3, 0.4) is 0 Å². The molecule has 0 spiro atoms. The maximum absolute atomic E-state index is 13.3. The van der Waals surface area contributed by atoms with Crippen LogP contribution in [0, 0.1) is 23.3 Å². The standard InChI is InChI=1S/C21H14F4N2O3/c1-30-19-3-2-11(20(28)26-16-7-12(22)5-13(23)8-16)4-18(19)21(29)27-17-9-14(24)6-15(25)10-17/h2-10H,1H3,(H,26,28)(H,27,29). The normalized spacial score (nSPS) is 10.4. The van der Waals surface area contributed by atoms with Crippen molar-refractivity contribution in [3.8, 4) is 5.75 Å². The van der Waals surface area contributed by atoms with E-state index in [1.54, 1.807) is 0 Å². The van der Waals surface area contributed by atoms with Crippen LogP contribution in [0.25, 0.3) is 0 Å². The third-order valence-corrected chi connectivity index (χ3v) is 3.95. The van der Waals surface area contributed by atoms with Gasteiger partial charge in [-0.25, -0.2) is 17.6 Å². The zero-order chi connectivity index (χ0) is 21.8. The van der Waals surface area contributed by atoms with Crippen molar-refractivity contribution >= 4 is 23.2 Å². The Morgan fingerprint density at radius 1 is 0.700 bits per heavy atom. The molecule has 0 aliphatic carbocycles. The summed E-state index contributed by atoms with van der Waals surface area (Å²) < 4.78 is 58.4. The van der Waals surface area contributed by atoms with Crippen molar-refractivity contribution < 1.29 is 31.9 Å². The summed E-state index contributed by atoms with van der Waals surface area (Å²) in [5.74, 6) is -4.94. The molecule has 9 heteroatoms. The van der Waals surface area contributed by atoms with E-state index in [0.29, 0.717) is 12.1 Å². The summed E-state index contributed by atoms with van der Waals surface area (Å²) in [4.78, 5) is 25.0. The molecule has 30 heavy (non-hydrogen) atoms. The van der Waals surface area contributed by atoms with Gasteiger partial charge in [-0.2, -0.15) is 0 Å². The van der Waals surface area contributed by atoms with Gasteiger partial charge in [0.15, 0.2) is 0 Å². The van der Waals surface area contributed by atoms with Gasteiger partial charge in [-0.1, -0.05) is 0 Å². The Morgan fingerprint density at radius 3 is 1.63 bits per heavy atom. The molecule has 0 fully saturated rings. The minimum Gasteiger partial charge on any atom is -0.496 e. The lowest BCUT2D eigenvalue weighted by molar-refractivity contribution is 0.102. The predicted octanol–water partition coefficient (Wildman–Crippen LogP) is 4.76. The Morgan fingerprint density at radius 2 is 1.17 bits per heavy atom. The molecule has 0 aromatic heterocycles. The summed E-state index contributed by atoms with van der Waals surface area (Å²) in [6.07, 6.45) is 0. The van der Waals surface area contributed by atoms with Crippen molar-refractivity contribution in [3.05, 3.63) is 89.0 Å². The van der Waals surface area contributed by atoms with Crippen LogP contribution in [0.5, 0.6) is 5.75 Å². The predicted molar refractivity (Wildman–Crippen MR) is 102 cm³/mol. The third-order valence-electron chi connectivity index (χ3n) is 3.95. The number of amides is 2. The minimum atomic E-state index is -0.882. The summed E-state index contributed by atoms with van der Waals surface area (Å²) in [5.41, 5.74) is -0.365. The fourth-order valence-electron chi connectivity index (χ4n) is 2.68. The van der Waals surface area contributed by atoms with E-state index < -0.39 is 35.1 Å². The number of rotatable bonds is 5. The average molecular weight is 418 g/mol. The topological polar surface area (TPSA) is 67.4 Å². The maximum atomic E-state index is 13.3. The first kappa shape index (κ1) is 20.8. The maximum Gasteiger partial charge on any atom is 0.259 e. The molecule has 3 aromatic carbocycles. The lowest BCUT2D eigenvalue weighted by Crippen LogP contribution is -2.17. The molecule has 0 saturated carbocycles. The van der Waals surface area contributed by atoms with Crippen LogP contribution in [0.2, 0.25) is 0 Å². The van der Waals surface area contributed by atoms with Crippen LogP contribution in [0.1, 0.15) is 20.7 Å². The van der Waals surface area contributed by atoms with E-state index in [1.807, 2.05) is 0 Å². The highest BCUT2D eigenvalue weighted by Gasteiger charge is 2.17. The van der Waals surface area contributed by atoms with Gasteiger partial charge in [0, 0.05) is 29.1 Å². The SMILES string of the molecule is COc1ccc(C(=O)Nc2cc(F)cc(F)c2)cc1C(=O)Nc1cc(F)cc(F)c1. The molecule has 0 atom stereocenters. The minimum absolute atomic E-state index is 0.0176. The van der Waals surface area contributed by atoms with Crippen molar-refractivity contribution in [3.63, 3.8) is 0 Å². The Labute approximate surface area is 168 Å². The second-order valence-electron chi connectivity index (χ2n) is 6.14. The van der Waals surface area contributed by atoms with Gasteiger partial charge < -0.3 is 15.4 Å². The van der Waals surface area contributed by atoms with Gasteiger partial charge in [0.05, 0.1) is 12.7 Å². The molecular formula is C21H14F4N2O3. The highest BCUT2D eigenvalue weighted by atomic mass is 19.1. The second-order valence-corrected chi connectivity index (χ2v) is 6.14. The van der Waals surface area contributed by atoms with Crippen LogP contribution in [0.4, 0.5) is 28.9 Å². The summed E-state index contributed by atoms with van der Waals surface area (Å²) in [7, 11) is 1.29. The summed E-state index contributed by atoms with van der Waals surface area (Å²) in [6.45, 7) is 0. The van der Waals surface area contributed by atoms with Crippen LogP contribution in [0.15, 0.2) is 54.6 Å². The molecule has 2 amide bonds. The molecule has 0 unspecified atom stereocenters. The number of carbonyl (C=O) groups excluding carboxylic acids is 2. The molecule has 0 bridgehead atoms. The number of hydrogen-bond acceptors (Lipinski definition) is 3. The van der Waals surface area contributed by atoms with E-state index in [2.05, 4.69) is 10.6 Å². The third kappa shape index (κ3) is 4.93. The second kappa shape index (κ2) is 8.64. The largest absolute Gasteiger partial charge is 0.496 e. The first-order valence-electron chi connectivity index (χ1n) is 8.48. The molecule has 3 rings (SSSR count). The zero-order valence-corrected chi connectivity index (χ0v) is 15.4. The number of hydrogen-bond donors (Lipinski definition) is 2.